The van der Waals surface area contributed by atoms with Crippen LogP contribution < -0.4 is 32.6 Å². The smallest absolute Gasteiger partial charge is 0.417 e. The molecule has 588 valence electrons. The maximum atomic E-state index is 15.0. The number of aliphatic carboxylic acids is 1. The highest BCUT2D eigenvalue weighted by Crippen LogP contribution is 2.39. The number of fused-ring (bicyclic) bond motifs is 1. The van der Waals surface area contributed by atoms with Crippen LogP contribution >= 0.6 is 15.9 Å². The Morgan fingerprint density at radius 1 is 0.589 bits per heavy atom. The lowest BCUT2D eigenvalue weighted by Crippen LogP contribution is -2.42. The van der Waals surface area contributed by atoms with Crippen molar-refractivity contribution in [1.82, 2.24) is 14.9 Å². The highest BCUT2D eigenvalue weighted by Gasteiger charge is 2.41. The third-order valence-electron chi connectivity index (χ3n) is 16.0. The first-order valence-corrected chi connectivity index (χ1v) is 34.3. The lowest BCUT2D eigenvalue weighted by molar-refractivity contribution is -0.143. The number of aromatic carboxylic acids is 1. The summed E-state index contributed by atoms with van der Waals surface area (Å²) in [6.45, 7) is 28.6. The number of halogens is 14. The molecule has 0 aliphatic carbocycles. The maximum Gasteiger partial charge on any atom is 0.417 e. The number of anilines is 3. The molecule has 0 spiro atoms. The number of aromatic nitrogens is 2. The van der Waals surface area contributed by atoms with Crippen molar-refractivity contribution in [3.63, 3.8) is 0 Å². The molecule has 2 heterocycles. The van der Waals surface area contributed by atoms with Gasteiger partial charge in [-0.3, -0.25) is 14.6 Å². The number of nitrogens with one attached hydrogen (secondary N) is 4. The lowest BCUT2D eigenvalue weighted by atomic mass is 9.93. The Bertz CT molecular complexity index is 4360. The first-order valence-electron chi connectivity index (χ1n) is 33.6. The van der Waals surface area contributed by atoms with Crippen LogP contribution in [0.2, 0.25) is 0 Å². The maximum absolute atomic E-state index is 15.0. The molecule has 0 bridgehead atoms. The highest BCUT2D eigenvalue weighted by molar-refractivity contribution is 9.10. The minimum atomic E-state index is -4.83. The topological polar surface area (TPSA) is 253 Å². The van der Waals surface area contributed by atoms with Crippen LogP contribution in [0.25, 0.3) is 22.0 Å². The molecule has 31 heteroatoms. The van der Waals surface area contributed by atoms with E-state index < -0.39 is 123 Å². The van der Waals surface area contributed by atoms with Gasteiger partial charge in [0.2, 0.25) is 0 Å². The van der Waals surface area contributed by atoms with Crippen LogP contribution in [0, 0.1) is 57.9 Å². The van der Waals surface area contributed by atoms with Crippen LogP contribution in [-0.4, -0.2) is 103 Å². The zero-order chi connectivity index (χ0) is 82.1. The van der Waals surface area contributed by atoms with Crippen molar-refractivity contribution < 1.29 is 101 Å². The minimum Gasteiger partial charge on any atom is -0.480 e. The fourth-order valence-electron chi connectivity index (χ4n) is 9.63. The molecule has 0 saturated heterocycles. The second-order valence-corrected chi connectivity index (χ2v) is 28.0. The third kappa shape index (κ3) is 27.2. The SMILES string of the molecule is CC[C@@H](Nc1cc(F)c(C(=O)O)cc1C)C(F)(F)F.CC[C@@H](Nc1cc(F)c(C(=O)OC(C)(C)C)cc1C)C(F)(F)F.CC[C@H](C)N.CC[C@H](C)Nc1cc(F)c(C(=O)N[C@@H](Cc2ccc(-c3c(C(F)(F)F)cc(C)n(C)c3=O)c3ncccc23)C(=O)O)cc1C.Cc1cc(C(=O)OC(C)(C)C)c(F)cc1Br. The molecule has 7 aromatic rings. The standard InChI is InChI=1S/C32H32F4N4O4.C16H21F4NO2.C12H14BrFO2.C12H13F4NO2.C4H11N/c1-6-17(3)38-25-15-24(33)22(12-16(25)2)29(41)39-26(31(43)44)14-19-9-10-21(28-20(19)8-7-11-37-28)27-23(32(34,35)36)13-18(4)40(5)30(27)42;1-6-13(16(18,19)20)21-12-8-11(17)10(7-9(12)2)14(22)23-15(3,4)5;1-7-5-8(10(14)6-9(7)13)11(15)16-12(2,3)4;1-3-10(12(14,15)16)17-9-5-8(13)7(11(18)19)4-6(9)2;1-3-4(2)5/h7-13,15,17,26,38H,6,14H2,1-5H3,(H,39,41)(H,43,44);7-8,13,21H,6H2,1-5H3;5-6H,1-4H3;4-5,10,17H,3H2,1-2H3,(H,18,19);4H,3,5H2,1-2H3/t17-,26-;13-;;10-;4-/m01.10/s1. The third-order valence-corrected chi connectivity index (χ3v) is 16.8. The summed E-state index contributed by atoms with van der Waals surface area (Å²) in [5.41, 5.74) is 2.92. The Morgan fingerprint density at radius 2 is 1.01 bits per heavy atom. The van der Waals surface area contributed by atoms with Gasteiger partial charge in [-0.15, -0.1) is 0 Å². The first kappa shape index (κ1) is 91.9. The molecule has 0 fully saturated rings. The van der Waals surface area contributed by atoms with Crippen molar-refractivity contribution >= 4 is 73.7 Å². The van der Waals surface area contributed by atoms with Crippen LogP contribution in [0.1, 0.15) is 189 Å². The summed E-state index contributed by atoms with van der Waals surface area (Å²) in [6, 6.07) is 11.1. The van der Waals surface area contributed by atoms with Gasteiger partial charge in [0, 0.05) is 69.9 Å². The van der Waals surface area contributed by atoms with Gasteiger partial charge < -0.3 is 51.3 Å². The number of carbonyl (C=O) groups excluding carboxylic acids is 3. The fraction of sp³-hybridized carbons (Fsp3) is 0.434. The van der Waals surface area contributed by atoms with E-state index >= 15 is 0 Å². The molecular weight excluding hydrogens is 1500 g/mol. The number of alkyl halides is 9. The van der Waals surface area contributed by atoms with Crippen LogP contribution in [-0.2, 0) is 33.9 Å². The van der Waals surface area contributed by atoms with Crippen molar-refractivity contribution in [1.29, 1.82) is 0 Å². The van der Waals surface area contributed by atoms with E-state index in [-0.39, 0.29) is 75.7 Å². The first-order chi connectivity index (χ1) is 49.1. The number of benzene rings is 5. The van der Waals surface area contributed by atoms with E-state index in [1.54, 1.807) is 61.5 Å². The van der Waals surface area contributed by atoms with Crippen LogP contribution in [0.15, 0.2) is 94.3 Å². The molecule has 1 amide bonds. The molecule has 107 heavy (non-hydrogen) atoms. The van der Waals surface area contributed by atoms with Crippen molar-refractivity contribution in [3.8, 4) is 11.1 Å². The van der Waals surface area contributed by atoms with E-state index in [9.17, 15) is 90.9 Å². The molecule has 0 saturated carbocycles. The number of hydrogen-bond acceptors (Lipinski definition) is 13. The van der Waals surface area contributed by atoms with Gasteiger partial charge in [0.15, 0.2) is 0 Å². The average molecular weight is 1590 g/mol. The van der Waals surface area contributed by atoms with E-state index in [0.29, 0.717) is 38.3 Å². The second kappa shape index (κ2) is 38.5. The van der Waals surface area contributed by atoms with Gasteiger partial charge in [-0.2, -0.15) is 39.5 Å². The molecule has 5 aromatic carbocycles. The Morgan fingerprint density at radius 3 is 1.42 bits per heavy atom. The van der Waals surface area contributed by atoms with Crippen LogP contribution in [0.5, 0.6) is 0 Å². The number of nitrogens with zero attached hydrogens (tertiary/aromatic N) is 2. The van der Waals surface area contributed by atoms with E-state index in [1.807, 2.05) is 20.8 Å². The predicted octanol–water partition coefficient (Wildman–Crippen LogP) is 19.0. The number of carboxylic acids is 2. The Kier molecular flexibility index (Phi) is 33.1. The van der Waals surface area contributed by atoms with Gasteiger partial charge in [-0.25, -0.2) is 36.7 Å². The summed E-state index contributed by atoms with van der Waals surface area (Å²) >= 11 is 3.20. The largest absolute Gasteiger partial charge is 0.480 e. The van der Waals surface area contributed by atoms with E-state index in [4.69, 9.17) is 20.3 Å². The van der Waals surface area contributed by atoms with E-state index in [0.717, 1.165) is 47.2 Å². The molecule has 0 unspecified atom stereocenters. The summed E-state index contributed by atoms with van der Waals surface area (Å²) < 4.78 is 186. The number of amides is 1. The fourth-order valence-corrected chi connectivity index (χ4v) is 9.95. The lowest BCUT2D eigenvalue weighted by Gasteiger charge is -2.23. The van der Waals surface area contributed by atoms with Gasteiger partial charge >= 0.3 is 42.4 Å². The van der Waals surface area contributed by atoms with Crippen LogP contribution in [0.3, 0.4) is 0 Å². The number of rotatable bonds is 19. The summed E-state index contributed by atoms with van der Waals surface area (Å²) in [7, 11) is 1.37. The number of nitrogens with two attached hydrogens (primary N) is 1. The number of pyridine rings is 2. The van der Waals surface area contributed by atoms with Gasteiger partial charge in [0.25, 0.3) is 11.5 Å². The zero-order valence-corrected chi connectivity index (χ0v) is 64.0. The predicted molar refractivity (Wildman–Crippen MR) is 389 cm³/mol. The normalized spacial score (nSPS) is 13.0. The summed E-state index contributed by atoms with van der Waals surface area (Å²) in [5.74, 6) is -8.71. The molecule has 17 nitrogen and oxygen atoms in total. The number of hydrogen-bond donors (Lipinski definition) is 7. The average Bonchev–Trinajstić information content (AvgIpc) is 0.748. The Balaban J connectivity index is 0.000000395. The summed E-state index contributed by atoms with van der Waals surface area (Å²) in [5, 5.41) is 28.9. The summed E-state index contributed by atoms with van der Waals surface area (Å²) in [4.78, 5) is 76.9. The molecule has 8 N–H and O–H groups in total. The number of carbonyl (C=O) groups is 5. The molecule has 7 rings (SSSR count). The molecule has 0 aliphatic heterocycles. The number of ether oxygens (including phenoxy) is 2. The monoisotopic (exact) mass is 1590 g/mol. The van der Waals surface area contributed by atoms with E-state index in [1.165, 1.54) is 96.4 Å². The van der Waals surface area contributed by atoms with Crippen molar-refractivity contribution in [2.75, 3.05) is 16.0 Å². The van der Waals surface area contributed by atoms with Gasteiger partial charge in [-0.05, 0) is 204 Å². The second-order valence-electron chi connectivity index (χ2n) is 27.1. The highest BCUT2D eigenvalue weighted by atomic mass is 79.9. The van der Waals surface area contributed by atoms with Gasteiger partial charge in [0.05, 0.1) is 38.9 Å². The molecule has 0 aliphatic rings. The minimum absolute atomic E-state index is 0.000941. The Hall–Kier alpha value is -9.26. The molecule has 0 radical (unpaired) electrons. The van der Waals surface area contributed by atoms with Crippen molar-refractivity contribution in [2.24, 2.45) is 12.8 Å². The van der Waals surface area contributed by atoms with Gasteiger partial charge in [-0.1, -0.05) is 61.8 Å². The van der Waals surface area contributed by atoms with Crippen molar-refractivity contribution in [2.45, 2.75) is 210 Å². The Labute approximate surface area is 620 Å². The van der Waals surface area contributed by atoms with E-state index in [2.05, 4.69) is 49.1 Å². The number of carboxylic acid groups (broad SMARTS) is 2. The molecule has 2 aromatic heterocycles. The zero-order valence-electron chi connectivity index (χ0n) is 62.4. The summed E-state index contributed by atoms with van der Waals surface area (Å²) in [6.07, 6.45) is -11.2. The molecular formula is C76H91BrF13N7O10. The van der Waals surface area contributed by atoms with Crippen LogP contribution in [0.4, 0.5) is 74.1 Å². The quantitative estimate of drug-likeness (QED) is 0.0294. The number of esters is 2. The van der Waals surface area contributed by atoms with Gasteiger partial charge in [0.1, 0.15) is 52.6 Å². The molecule has 5 atom stereocenters. The number of aryl methyl sites for hydroxylation is 5. The van der Waals surface area contributed by atoms with Crippen molar-refractivity contribution in [3.05, 3.63) is 184 Å².